The normalized spacial score (nSPS) is 22.7. The van der Waals surface area contributed by atoms with E-state index in [1.807, 2.05) is 0 Å². The van der Waals surface area contributed by atoms with Crippen molar-refractivity contribution in [2.75, 3.05) is 0 Å². The summed E-state index contributed by atoms with van der Waals surface area (Å²) >= 11 is 0. The van der Waals surface area contributed by atoms with Crippen LogP contribution in [0.1, 0.15) is 36.6 Å². The fraction of sp³-hybridized carbons (Fsp3) is 0.429. The van der Waals surface area contributed by atoms with Crippen molar-refractivity contribution in [3.63, 3.8) is 0 Å². The summed E-state index contributed by atoms with van der Waals surface area (Å²) in [5.41, 5.74) is 5.40. The summed E-state index contributed by atoms with van der Waals surface area (Å²) < 4.78 is 43.3. The first-order valence-electron chi connectivity index (χ1n) is 6.70. The lowest BCUT2D eigenvalue weighted by molar-refractivity contribution is -0.137. The molecule has 1 fully saturated rings. The van der Waals surface area contributed by atoms with Gasteiger partial charge in [0.2, 0.25) is 11.7 Å². The first kappa shape index (κ1) is 14.1. The summed E-state index contributed by atoms with van der Waals surface area (Å²) in [6.07, 6.45) is -1.86. The van der Waals surface area contributed by atoms with Gasteiger partial charge in [-0.15, -0.1) is 0 Å². The minimum absolute atomic E-state index is 0.104. The monoisotopic (exact) mass is 297 g/mol. The van der Waals surface area contributed by atoms with Gasteiger partial charge in [-0.1, -0.05) is 17.3 Å². The Morgan fingerprint density at radius 1 is 1.24 bits per heavy atom. The van der Waals surface area contributed by atoms with E-state index in [0.717, 1.165) is 31.4 Å². The van der Waals surface area contributed by atoms with Crippen LogP contribution in [0.5, 0.6) is 0 Å². The summed E-state index contributed by atoms with van der Waals surface area (Å²) in [4.78, 5) is 4.22. The third-order valence-corrected chi connectivity index (χ3v) is 3.71. The van der Waals surface area contributed by atoms with E-state index in [1.54, 1.807) is 0 Å². The number of hydrogen-bond donors (Lipinski definition) is 1. The molecule has 21 heavy (non-hydrogen) atoms. The van der Waals surface area contributed by atoms with Crippen molar-refractivity contribution in [2.45, 2.75) is 37.4 Å². The smallest absolute Gasteiger partial charge is 0.339 e. The predicted octanol–water partition coefficient (Wildman–Crippen LogP) is 3.35. The second kappa shape index (κ2) is 5.14. The van der Waals surface area contributed by atoms with Crippen LogP contribution in [0, 0.1) is 0 Å². The lowest BCUT2D eigenvalue weighted by Crippen LogP contribution is -2.14. The predicted molar refractivity (Wildman–Crippen MR) is 69.3 cm³/mol. The molecule has 1 aromatic carbocycles. The summed E-state index contributed by atoms with van der Waals surface area (Å²) in [5, 5.41) is 3.78. The van der Waals surface area contributed by atoms with E-state index in [0.29, 0.717) is 11.5 Å². The number of nitrogens with zero attached hydrogens (tertiary/aromatic N) is 2. The van der Waals surface area contributed by atoms with Crippen LogP contribution in [0.2, 0.25) is 0 Å². The first-order chi connectivity index (χ1) is 9.93. The standard InChI is InChI=1S/C14H14F3N3O/c15-14(16,17)10-3-1-2-8(6-10)12-19-13(21-20-12)9-4-5-11(18)7-9/h1-3,6,9,11H,4-5,7,18H2. The topological polar surface area (TPSA) is 64.9 Å². The molecule has 4 nitrogen and oxygen atoms in total. The average molecular weight is 297 g/mol. The lowest BCUT2D eigenvalue weighted by Gasteiger charge is -2.06. The fourth-order valence-electron chi connectivity index (χ4n) is 2.59. The molecule has 1 heterocycles. The van der Waals surface area contributed by atoms with E-state index in [-0.39, 0.29) is 17.8 Å². The van der Waals surface area contributed by atoms with Gasteiger partial charge in [-0.3, -0.25) is 0 Å². The van der Waals surface area contributed by atoms with Crippen LogP contribution < -0.4 is 5.73 Å². The largest absolute Gasteiger partial charge is 0.416 e. The zero-order valence-electron chi connectivity index (χ0n) is 11.1. The third-order valence-electron chi connectivity index (χ3n) is 3.71. The van der Waals surface area contributed by atoms with Crippen molar-refractivity contribution in [1.82, 2.24) is 10.1 Å². The van der Waals surface area contributed by atoms with Gasteiger partial charge in [0.05, 0.1) is 5.56 Å². The molecule has 0 saturated heterocycles. The van der Waals surface area contributed by atoms with Crippen LogP contribution >= 0.6 is 0 Å². The Morgan fingerprint density at radius 2 is 2.05 bits per heavy atom. The third kappa shape index (κ3) is 2.92. The minimum atomic E-state index is -4.39. The van der Waals surface area contributed by atoms with Crippen LogP contribution in [-0.2, 0) is 6.18 Å². The van der Waals surface area contributed by atoms with Crippen molar-refractivity contribution in [3.05, 3.63) is 35.7 Å². The number of halogens is 3. The Morgan fingerprint density at radius 3 is 2.71 bits per heavy atom. The molecule has 0 amide bonds. The summed E-state index contributed by atoms with van der Waals surface area (Å²) in [5.74, 6) is 0.735. The van der Waals surface area contributed by atoms with E-state index in [4.69, 9.17) is 10.3 Å². The SMILES string of the molecule is NC1CCC(c2nc(-c3cccc(C(F)(F)F)c3)no2)C1. The molecule has 1 aliphatic rings. The van der Waals surface area contributed by atoms with Crippen molar-refractivity contribution in [2.24, 2.45) is 5.73 Å². The molecular weight excluding hydrogens is 283 g/mol. The Balaban J connectivity index is 1.86. The average Bonchev–Trinajstić information content (AvgIpc) is 3.06. The van der Waals surface area contributed by atoms with Crippen LogP contribution in [0.25, 0.3) is 11.4 Å². The molecule has 112 valence electrons. The molecule has 0 bridgehead atoms. The molecule has 0 spiro atoms. The molecule has 1 aromatic heterocycles. The summed E-state index contributed by atoms with van der Waals surface area (Å²) in [6, 6.07) is 5.03. The van der Waals surface area contributed by atoms with Gasteiger partial charge >= 0.3 is 6.18 Å². The van der Waals surface area contributed by atoms with E-state index in [9.17, 15) is 13.2 Å². The van der Waals surface area contributed by atoms with Crippen molar-refractivity contribution in [1.29, 1.82) is 0 Å². The van der Waals surface area contributed by atoms with Gasteiger partial charge in [0.15, 0.2) is 0 Å². The van der Waals surface area contributed by atoms with Gasteiger partial charge < -0.3 is 10.3 Å². The molecule has 7 heteroatoms. The van der Waals surface area contributed by atoms with E-state index in [2.05, 4.69) is 10.1 Å². The molecule has 1 aliphatic carbocycles. The number of hydrogen-bond acceptors (Lipinski definition) is 4. The highest BCUT2D eigenvalue weighted by Gasteiger charge is 2.31. The molecular formula is C14H14F3N3O. The summed E-state index contributed by atoms with van der Waals surface area (Å²) in [7, 11) is 0. The molecule has 2 atom stereocenters. The number of rotatable bonds is 2. The quantitative estimate of drug-likeness (QED) is 0.923. The maximum absolute atomic E-state index is 12.7. The number of alkyl halides is 3. The zero-order chi connectivity index (χ0) is 15.0. The van der Waals surface area contributed by atoms with Crippen LogP contribution in [0.15, 0.2) is 28.8 Å². The number of nitrogens with two attached hydrogens (primary N) is 1. The highest BCUT2D eigenvalue weighted by molar-refractivity contribution is 5.55. The second-order valence-electron chi connectivity index (χ2n) is 5.30. The van der Waals surface area contributed by atoms with Crippen molar-refractivity contribution in [3.8, 4) is 11.4 Å². The van der Waals surface area contributed by atoms with Gasteiger partial charge in [0.25, 0.3) is 0 Å². The van der Waals surface area contributed by atoms with E-state index >= 15 is 0 Å². The van der Waals surface area contributed by atoms with Crippen LogP contribution in [0.3, 0.4) is 0 Å². The second-order valence-corrected chi connectivity index (χ2v) is 5.30. The highest BCUT2D eigenvalue weighted by atomic mass is 19.4. The van der Waals surface area contributed by atoms with E-state index < -0.39 is 11.7 Å². The molecule has 2 N–H and O–H groups in total. The molecule has 1 saturated carbocycles. The molecule has 2 unspecified atom stereocenters. The van der Waals surface area contributed by atoms with Crippen molar-refractivity contribution < 1.29 is 17.7 Å². The van der Waals surface area contributed by atoms with Crippen LogP contribution in [0.4, 0.5) is 13.2 Å². The maximum atomic E-state index is 12.7. The Labute approximate surface area is 119 Å². The molecule has 0 radical (unpaired) electrons. The highest BCUT2D eigenvalue weighted by Crippen LogP contribution is 2.34. The van der Waals surface area contributed by atoms with Crippen molar-refractivity contribution >= 4 is 0 Å². The number of aromatic nitrogens is 2. The first-order valence-corrected chi connectivity index (χ1v) is 6.70. The van der Waals surface area contributed by atoms with Crippen LogP contribution in [-0.4, -0.2) is 16.2 Å². The Kier molecular flexibility index (Phi) is 3.44. The number of benzene rings is 1. The zero-order valence-corrected chi connectivity index (χ0v) is 11.1. The van der Waals surface area contributed by atoms with Gasteiger partial charge in [-0.25, -0.2) is 0 Å². The lowest BCUT2D eigenvalue weighted by atomic mass is 10.1. The molecule has 0 aliphatic heterocycles. The van der Waals surface area contributed by atoms with Gasteiger partial charge in [-0.05, 0) is 31.4 Å². The van der Waals surface area contributed by atoms with Gasteiger partial charge in [-0.2, -0.15) is 18.2 Å². The van der Waals surface area contributed by atoms with Gasteiger partial charge in [0, 0.05) is 17.5 Å². The molecule has 2 aromatic rings. The van der Waals surface area contributed by atoms with E-state index in [1.165, 1.54) is 12.1 Å². The Hall–Kier alpha value is -1.89. The summed E-state index contributed by atoms with van der Waals surface area (Å²) in [6.45, 7) is 0. The fourth-order valence-corrected chi connectivity index (χ4v) is 2.59. The van der Waals surface area contributed by atoms with Gasteiger partial charge in [0.1, 0.15) is 0 Å². The Bertz CT molecular complexity index is 638. The molecule has 3 rings (SSSR count). The maximum Gasteiger partial charge on any atom is 0.416 e. The minimum Gasteiger partial charge on any atom is -0.339 e.